The van der Waals surface area contributed by atoms with Gasteiger partial charge in [0.25, 0.3) is 0 Å². The summed E-state index contributed by atoms with van der Waals surface area (Å²) in [5.74, 6) is 0.868. The molecule has 0 aromatic heterocycles. The van der Waals surface area contributed by atoms with E-state index >= 15 is 0 Å². The van der Waals surface area contributed by atoms with Crippen molar-refractivity contribution in [1.29, 1.82) is 0 Å². The maximum Gasteiger partial charge on any atom is 0.00801 e. The Labute approximate surface area is 113 Å². The minimum Gasteiger partial charge on any atom is -0.311 e. The van der Waals surface area contributed by atoms with Crippen molar-refractivity contribution in [1.82, 2.24) is 5.32 Å². The van der Waals surface area contributed by atoms with Gasteiger partial charge in [-0.25, -0.2) is 0 Å². The van der Waals surface area contributed by atoms with Gasteiger partial charge in [-0.1, -0.05) is 33.6 Å². The summed E-state index contributed by atoms with van der Waals surface area (Å²) >= 11 is 2.06. The molecule has 1 aliphatic rings. The molecule has 0 bridgehead atoms. The molecule has 102 valence electrons. The summed E-state index contributed by atoms with van der Waals surface area (Å²) in [6.45, 7) is 7.02. The fraction of sp³-hybridized carbons (Fsp3) is 1.00. The molecule has 1 nitrogen and oxygen atoms in total. The van der Waals surface area contributed by atoms with Gasteiger partial charge in [-0.3, -0.25) is 0 Å². The normalized spacial score (nSPS) is 28.9. The van der Waals surface area contributed by atoms with Crippen molar-refractivity contribution in [3.63, 3.8) is 0 Å². The van der Waals surface area contributed by atoms with E-state index in [1.54, 1.807) is 0 Å². The lowest BCUT2D eigenvalue weighted by Gasteiger charge is -2.32. The van der Waals surface area contributed by atoms with Crippen LogP contribution in [0, 0.1) is 5.92 Å². The van der Waals surface area contributed by atoms with Gasteiger partial charge in [0, 0.05) is 17.3 Å². The van der Waals surface area contributed by atoms with Crippen LogP contribution in [0.1, 0.15) is 65.7 Å². The van der Waals surface area contributed by atoms with E-state index in [-0.39, 0.29) is 0 Å². The van der Waals surface area contributed by atoms with Crippen LogP contribution in [0.4, 0.5) is 0 Å². The predicted molar refractivity (Wildman–Crippen MR) is 80.8 cm³/mol. The Kier molecular flexibility index (Phi) is 7.61. The largest absolute Gasteiger partial charge is 0.311 e. The lowest BCUT2D eigenvalue weighted by molar-refractivity contribution is 0.303. The molecule has 0 aliphatic heterocycles. The van der Waals surface area contributed by atoms with E-state index in [0.717, 1.165) is 23.3 Å². The van der Waals surface area contributed by atoms with E-state index in [0.29, 0.717) is 0 Å². The summed E-state index contributed by atoms with van der Waals surface area (Å²) in [6, 6.07) is 1.53. The van der Waals surface area contributed by atoms with Gasteiger partial charge in [0.05, 0.1) is 0 Å². The molecule has 1 saturated carbocycles. The average Bonchev–Trinajstić information content (AvgIpc) is 2.37. The van der Waals surface area contributed by atoms with Crippen LogP contribution in [0.15, 0.2) is 0 Å². The lowest BCUT2D eigenvalue weighted by Crippen LogP contribution is -2.42. The van der Waals surface area contributed by atoms with Gasteiger partial charge in [-0.05, 0) is 44.3 Å². The summed E-state index contributed by atoms with van der Waals surface area (Å²) < 4.78 is 0. The fourth-order valence-electron chi connectivity index (χ4n) is 2.85. The highest BCUT2D eigenvalue weighted by molar-refractivity contribution is 7.99. The van der Waals surface area contributed by atoms with Gasteiger partial charge in [-0.15, -0.1) is 0 Å². The lowest BCUT2D eigenvalue weighted by atomic mass is 9.92. The van der Waals surface area contributed by atoms with E-state index < -0.39 is 0 Å². The summed E-state index contributed by atoms with van der Waals surface area (Å²) in [6.07, 6.45) is 11.9. The summed E-state index contributed by atoms with van der Waals surface area (Å²) in [7, 11) is 0. The molecule has 0 saturated heterocycles. The third-order valence-corrected chi connectivity index (χ3v) is 5.40. The van der Waals surface area contributed by atoms with Crippen molar-refractivity contribution in [3.05, 3.63) is 0 Å². The van der Waals surface area contributed by atoms with Gasteiger partial charge in [0.1, 0.15) is 0 Å². The van der Waals surface area contributed by atoms with Crippen molar-refractivity contribution >= 4 is 11.8 Å². The second-order valence-corrected chi connectivity index (χ2v) is 6.88. The Morgan fingerprint density at radius 3 is 2.59 bits per heavy atom. The van der Waals surface area contributed by atoms with Crippen LogP contribution in [0.3, 0.4) is 0 Å². The van der Waals surface area contributed by atoms with Crippen LogP contribution in [0.2, 0.25) is 0 Å². The molecule has 1 fully saturated rings. The van der Waals surface area contributed by atoms with E-state index in [2.05, 4.69) is 44.1 Å². The highest BCUT2D eigenvalue weighted by Gasteiger charge is 2.23. The average molecular weight is 257 g/mol. The maximum atomic E-state index is 3.92. The number of rotatable bonds is 7. The van der Waals surface area contributed by atoms with Crippen molar-refractivity contribution in [2.24, 2.45) is 5.92 Å². The quantitative estimate of drug-likeness (QED) is 0.722. The molecular weight excluding hydrogens is 226 g/mol. The molecule has 0 heterocycles. The smallest absolute Gasteiger partial charge is 0.00801 e. The molecule has 17 heavy (non-hydrogen) atoms. The molecular formula is C15H31NS. The zero-order valence-electron chi connectivity index (χ0n) is 12.2. The maximum absolute atomic E-state index is 3.92. The fourth-order valence-corrected chi connectivity index (χ4v) is 3.68. The number of hydrogen-bond donors (Lipinski definition) is 1. The van der Waals surface area contributed by atoms with Gasteiger partial charge in [-0.2, -0.15) is 11.8 Å². The molecule has 0 amide bonds. The topological polar surface area (TPSA) is 12.0 Å². The van der Waals surface area contributed by atoms with E-state index in [9.17, 15) is 0 Å². The van der Waals surface area contributed by atoms with Crippen LogP contribution < -0.4 is 5.32 Å². The first kappa shape index (κ1) is 15.4. The van der Waals surface area contributed by atoms with Gasteiger partial charge >= 0.3 is 0 Å². The second-order valence-electron chi connectivity index (χ2n) is 5.74. The van der Waals surface area contributed by atoms with Crippen molar-refractivity contribution < 1.29 is 0 Å². The second kappa shape index (κ2) is 8.42. The molecule has 0 radical (unpaired) electrons. The molecule has 1 rings (SSSR count). The summed E-state index contributed by atoms with van der Waals surface area (Å²) in [4.78, 5) is 0. The number of hydrogen-bond acceptors (Lipinski definition) is 2. The van der Waals surface area contributed by atoms with Crippen molar-refractivity contribution in [3.8, 4) is 0 Å². The molecule has 1 aliphatic carbocycles. The van der Waals surface area contributed by atoms with Crippen LogP contribution in [0.5, 0.6) is 0 Å². The standard InChI is InChI=1S/C15H31NS/c1-5-12(3)10-13(6-2)16-14-8-7-9-15(11-14)17-4/h12-16H,5-11H2,1-4H3. The Hall–Kier alpha value is 0.310. The Morgan fingerprint density at radius 1 is 1.24 bits per heavy atom. The third-order valence-electron chi connectivity index (χ3n) is 4.31. The Bertz CT molecular complexity index is 193. The summed E-state index contributed by atoms with van der Waals surface area (Å²) in [5.41, 5.74) is 0. The molecule has 4 unspecified atom stereocenters. The van der Waals surface area contributed by atoms with Crippen molar-refractivity contribution in [2.75, 3.05) is 6.26 Å². The predicted octanol–water partition coefficient (Wildman–Crippen LogP) is 4.47. The molecule has 1 N–H and O–H groups in total. The first-order chi connectivity index (χ1) is 8.19. The van der Waals surface area contributed by atoms with Gasteiger partial charge < -0.3 is 5.32 Å². The minimum absolute atomic E-state index is 0.746. The number of nitrogens with one attached hydrogen (secondary N) is 1. The van der Waals surface area contributed by atoms with Gasteiger partial charge in [0.15, 0.2) is 0 Å². The zero-order valence-corrected chi connectivity index (χ0v) is 13.0. The van der Waals surface area contributed by atoms with Crippen LogP contribution in [-0.4, -0.2) is 23.6 Å². The molecule has 4 atom stereocenters. The van der Waals surface area contributed by atoms with Crippen LogP contribution in [-0.2, 0) is 0 Å². The minimum atomic E-state index is 0.746. The van der Waals surface area contributed by atoms with Gasteiger partial charge in [0.2, 0.25) is 0 Å². The van der Waals surface area contributed by atoms with Crippen LogP contribution >= 0.6 is 11.8 Å². The van der Waals surface area contributed by atoms with Crippen molar-refractivity contribution in [2.45, 2.75) is 83.1 Å². The number of thioether (sulfide) groups is 1. The van der Waals surface area contributed by atoms with E-state index in [1.807, 2.05) is 0 Å². The highest BCUT2D eigenvalue weighted by atomic mass is 32.2. The van der Waals surface area contributed by atoms with E-state index in [1.165, 1.54) is 44.9 Å². The third kappa shape index (κ3) is 5.65. The summed E-state index contributed by atoms with van der Waals surface area (Å²) in [5, 5.41) is 4.83. The monoisotopic (exact) mass is 257 g/mol. The molecule has 0 aromatic carbocycles. The zero-order chi connectivity index (χ0) is 12.7. The van der Waals surface area contributed by atoms with Crippen LogP contribution in [0.25, 0.3) is 0 Å². The SMILES string of the molecule is CCC(C)CC(CC)NC1CCCC(SC)C1. The first-order valence-corrected chi connectivity index (χ1v) is 8.77. The molecule has 2 heteroatoms. The highest BCUT2D eigenvalue weighted by Crippen LogP contribution is 2.27. The Morgan fingerprint density at radius 2 is 2.00 bits per heavy atom. The first-order valence-electron chi connectivity index (χ1n) is 7.48. The molecule has 0 spiro atoms. The van der Waals surface area contributed by atoms with E-state index in [4.69, 9.17) is 0 Å². The molecule has 0 aromatic rings. The Balaban J connectivity index is 2.33.